The molecule has 0 aromatic heterocycles. The Kier molecular flexibility index (Phi) is 9.05. The molecule has 1 atom stereocenters. The molecule has 3 rings (SSSR count). The number of methoxy groups -OCH3 is 1. The van der Waals surface area contributed by atoms with Crippen LogP contribution >= 0.6 is 0 Å². The molecule has 3 aromatic carbocycles. The fourth-order valence-corrected chi connectivity index (χ4v) is 4.01. The Morgan fingerprint density at radius 2 is 1.50 bits per heavy atom. The number of benzene rings is 3. The van der Waals surface area contributed by atoms with Crippen LogP contribution in [0, 0.1) is 10.8 Å². The first-order valence-electron chi connectivity index (χ1n) is 12.4. The average molecular weight is 545 g/mol. The SMILES string of the molecule is COC(=O)CC(NC(=O)c1ccc(-c2ccccc2C(=O)Nc2ccc(C(=N)N)cc2)c(C(=O)O)c1)C(C)(C)C. The first-order chi connectivity index (χ1) is 18.8. The largest absolute Gasteiger partial charge is 0.478 e. The molecule has 0 fully saturated rings. The van der Waals surface area contributed by atoms with E-state index in [1.165, 1.54) is 25.3 Å². The van der Waals surface area contributed by atoms with E-state index in [0.717, 1.165) is 0 Å². The van der Waals surface area contributed by atoms with Crippen molar-refractivity contribution in [1.29, 1.82) is 5.41 Å². The molecule has 0 heterocycles. The van der Waals surface area contributed by atoms with Gasteiger partial charge in [-0.2, -0.15) is 0 Å². The zero-order valence-corrected chi connectivity index (χ0v) is 22.7. The van der Waals surface area contributed by atoms with Gasteiger partial charge in [0.2, 0.25) is 0 Å². The van der Waals surface area contributed by atoms with Crippen LogP contribution in [0.4, 0.5) is 5.69 Å². The molecule has 0 aliphatic rings. The fraction of sp³-hybridized carbons (Fsp3) is 0.233. The number of anilines is 1. The van der Waals surface area contributed by atoms with Crippen LogP contribution in [0.3, 0.4) is 0 Å². The normalized spacial score (nSPS) is 11.7. The zero-order valence-electron chi connectivity index (χ0n) is 22.7. The Balaban J connectivity index is 1.94. The number of ether oxygens (including phenoxy) is 1. The highest BCUT2D eigenvalue weighted by molar-refractivity contribution is 6.11. The van der Waals surface area contributed by atoms with Crippen molar-refractivity contribution in [2.45, 2.75) is 33.2 Å². The minimum Gasteiger partial charge on any atom is -0.478 e. The summed E-state index contributed by atoms with van der Waals surface area (Å²) in [6.45, 7) is 5.60. The number of carboxylic acid groups (broad SMARTS) is 1. The van der Waals surface area contributed by atoms with Crippen molar-refractivity contribution >= 4 is 35.3 Å². The lowest BCUT2D eigenvalue weighted by Gasteiger charge is -2.30. The lowest BCUT2D eigenvalue weighted by atomic mass is 9.84. The number of carboxylic acids is 1. The predicted molar refractivity (Wildman–Crippen MR) is 152 cm³/mol. The minimum atomic E-state index is -1.28. The van der Waals surface area contributed by atoms with Gasteiger partial charge in [0.05, 0.1) is 19.1 Å². The van der Waals surface area contributed by atoms with Crippen molar-refractivity contribution in [3.63, 3.8) is 0 Å². The standard InChI is InChI=1S/C30H32N4O6/c1-30(2,3)24(16-25(35)40-4)34-27(36)18-11-14-21(23(15-18)29(38)39)20-7-5-6-8-22(20)28(37)33-19-12-9-17(10-13-19)26(31)32/h5-15,24H,16H2,1-4H3,(H3,31,32)(H,33,37)(H,34,36)(H,38,39). The Morgan fingerprint density at radius 3 is 2.08 bits per heavy atom. The van der Waals surface area contributed by atoms with Crippen molar-refractivity contribution in [2.75, 3.05) is 12.4 Å². The Labute approximate surface area is 232 Å². The highest BCUT2D eigenvalue weighted by Gasteiger charge is 2.30. The van der Waals surface area contributed by atoms with Crippen LogP contribution in [0.15, 0.2) is 66.7 Å². The number of amides is 2. The van der Waals surface area contributed by atoms with Gasteiger partial charge in [-0.05, 0) is 59.0 Å². The lowest BCUT2D eigenvalue weighted by molar-refractivity contribution is -0.141. The van der Waals surface area contributed by atoms with Crippen molar-refractivity contribution in [1.82, 2.24) is 5.32 Å². The van der Waals surface area contributed by atoms with Gasteiger partial charge in [-0.25, -0.2) is 4.79 Å². The Hall–Kier alpha value is -4.99. The van der Waals surface area contributed by atoms with Crippen molar-refractivity contribution < 1.29 is 29.0 Å². The molecular formula is C30H32N4O6. The molecule has 6 N–H and O–H groups in total. The van der Waals surface area contributed by atoms with Crippen molar-refractivity contribution in [2.24, 2.45) is 11.1 Å². The zero-order chi connectivity index (χ0) is 29.6. The number of rotatable bonds is 9. The molecule has 0 bridgehead atoms. The van der Waals surface area contributed by atoms with Crippen LogP contribution in [0.5, 0.6) is 0 Å². The lowest BCUT2D eigenvalue weighted by Crippen LogP contribution is -2.45. The van der Waals surface area contributed by atoms with Gasteiger partial charge in [0.1, 0.15) is 5.84 Å². The van der Waals surface area contributed by atoms with Crippen LogP contribution in [-0.4, -0.2) is 47.8 Å². The molecule has 40 heavy (non-hydrogen) atoms. The highest BCUT2D eigenvalue weighted by atomic mass is 16.5. The van der Waals surface area contributed by atoms with Gasteiger partial charge in [-0.15, -0.1) is 0 Å². The van der Waals surface area contributed by atoms with E-state index in [1.807, 2.05) is 20.8 Å². The van der Waals surface area contributed by atoms with Crippen LogP contribution < -0.4 is 16.4 Å². The van der Waals surface area contributed by atoms with Crippen LogP contribution in [0.2, 0.25) is 0 Å². The molecule has 10 heteroatoms. The fourth-order valence-electron chi connectivity index (χ4n) is 4.01. The molecule has 0 spiro atoms. The van der Waals surface area contributed by atoms with E-state index >= 15 is 0 Å². The molecule has 208 valence electrons. The summed E-state index contributed by atoms with van der Waals surface area (Å²) in [5.41, 5.74) is 6.75. The summed E-state index contributed by atoms with van der Waals surface area (Å²) < 4.78 is 4.75. The minimum absolute atomic E-state index is 0.0461. The second-order valence-electron chi connectivity index (χ2n) is 10.2. The van der Waals surface area contributed by atoms with Crippen LogP contribution in [0.25, 0.3) is 11.1 Å². The highest BCUT2D eigenvalue weighted by Crippen LogP contribution is 2.30. The predicted octanol–water partition coefficient (Wildman–Crippen LogP) is 4.30. The van der Waals surface area contributed by atoms with E-state index in [9.17, 15) is 24.3 Å². The number of nitrogens with one attached hydrogen (secondary N) is 3. The maximum Gasteiger partial charge on any atom is 0.336 e. The van der Waals surface area contributed by atoms with E-state index < -0.39 is 35.2 Å². The number of carbonyl (C=O) groups excluding carboxylic acids is 3. The molecular weight excluding hydrogens is 512 g/mol. The third-order valence-electron chi connectivity index (χ3n) is 6.38. The number of nitrogen functional groups attached to an aromatic ring is 1. The Morgan fingerprint density at radius 1 is 0.900 bits per heavy atom. The number of aromatic carboxylic acids is 1. The number of hydrogen-bond acceptors (Lipinski definition) is 6. The van der Waals surface area contributed by atoms with Crippen LogP contribution in [-0.2, 0) is 9.53 Å². The summed E-state index contributed by atoms with van der Waals surface area (Å²) in [7, 11) is 1.27. The molecule has 0 radical (unpaired) electrons. The van der Waals surface area contributed by atoms with Crippen molar-refractivity contribution in [3.8, 4) is 11.1 Å². The molecule has 3 aromatic rings. The first kappa shape index (κ1) is 29.6. The maximum atomic E-state index is 13.2. The number of amidine groups is 1. The van der Waals surface area contributed by atoms with E-state index in [2.05, 4.69) is 10.6 Å². The number of hydrogen-bond donors (Lipinski definition) is 5. The van der Waals surface area contributed by atoms with Crippen LogP contribution in [0.1, 0.15) is 63.8 Å². The molecule has 0 aliphatic carbocycles. The van der Waals surface area contributed by atoms with E-state index in [-0.39, 0.29) is 34.5 Å². The summed E-state index contributed by atoms with van der Waals surface area (Å²) in [6.07, 6.45) is -0.0461. The van der Waals surface area contributed by atoms with Gasteiger partial charge in [0.25, 0.3) is 11.8 Å². The van der Waals surface area contributed by atoms with E-state index in [4.69, 9.17) is 15.9 Å². The smallest absolute Gasteiger partial charge is 0.336 e. The molecule has 2 amide bonds. The summed E-state index contributed by atoms with van der Waals surface area (Å²) in [5.74, 6) is -2.87. The van der Waals surface area contributed by atoms with Gasteiger partial charge in [-0.3, -0.25) is 19.8 Å². The second-order valence-corrected chi connectivity index (χ2v) is 10.2. The third kappa shape index (κ3) is 7.10. The van der Waals surface area contributed by atoms with E-state index in [0.29, 0.717) is 16.8 Å². The molecule has 0 saturated carbocycles. The van der Waals surface area contributed by atoms with Gasteiger partial charge >= 0.3 is 11.9 Å². The third-order valence-corrected chi connectivity index (χ3v) is 6.38. The number of esters is 1. The summed E-state index contributed by atoms with van der Waals surface area (Å²) >= 11 is 0. The molecule has 0 saturated heterocycles. The molecule has 0 aliphatic heterocycles. The van der Waals surface area contributed by atoms with Gasteiger partial charge in [-0.1, -0.05) is 45.0 Å². The van der Waals surface area contributed by atoms with Gasteiger partial charge in [0, 0.05) is 28.4 Å². The summed E-state index contributed by atoms with van der Waals surface area (Å²) in [4.78, 5) is 50.4. The maximum absolute atomic E-state index is 13.2. The van der Waals surface area contributed by atoms with Gasteiger partial charge < -0.3 is 26.2 Å². The monoisotopic (exact) mass is 544 g/mol. The second kappa shape index (κ2) is 12.2. The first-order valence-corrected chi connectivity index (χ1v) is 12.4. The molecule has 10 nitrogen and oxygen atoms in total. The quantitative estimate of drug-likeness (QED) is 0.152. The topological polar surface area (TPSA) is 172 Å². The van der Waals surface area contributed by atoms with Crippen molar-refractivity contribution in [3.05, 3.63) is 89.0 Å². The van der Waals surface area contributed by atoms with E-state index in [1.54, 1.807) is 48.5 Å². The average Bonchev–Trinajstić information content (AvgIpc) is 2.91. The summed E-state index contributed by atoms with van der Waals surface area (Å²) in [6, 6.07) is 16.6. The summed E-state index contributed by atoms with van der Waals surface area (Å²) in [5, 5.41) is 23.1. The molecule has 1 unspecified atom stereocenters. The Bertz CT molecular complexity index is 1460. The number of carbonyl (C=O) groups is 4. The van der Waals surface area contributed by atoms with Gasteiger partial charge in [0.15, 0.2) is 0 Å². The number of nitrogens with two attached hydrogens (primary N) is 1.